The van der Waals surface area contributed by atoms with Crippen molar-refractivity contribution in [2.75, 3.05) is 31.2 Å². The number of piperidine rings is 1. The van der Waals surface area contributed by atoms with Crippen molar-refractivity contribution in [2.45, 2.75) is 25.3 Å². The van der Waals surface area contributed by atoms with Crippen molar-refractivity contribution in [3.63, 3.8) is 0 Å². The summed E-state index contributed by atoms with van der Waals surface area (Å²) < 4.78 is 22.7. The van der Waals surface area contributed by atoms with Gasteiger partial charge in [0.25, 0.3) is 0 Å². The first kappa shape index (κ1) is 11.4. The largest absolute Gasteiger partial charge is 0.396 e. The highest BCUT2D eigenvalue weighted by molar-refractivity contribution is 7.91. The Labute approximate surface area is 91.2 Å². The van der Waals surface area contributed by atoms with Crippen LogP contribution < -0.4 is 0 Å². The van der Waals surface area contributed by atoms with Crippen LogP contribution in [0.15, 0.2) is 0 Å². The Hall–Kier alpha value is -0.130. The van der Waals surface area contributed by atoms with Gasteiger partial charge in [0.05, 0.1) is 11.5 Å². The normalized spacial score (nSPS) is 36.9. The number of nitrogens with zero attached hydrogens (tertiary/aromatic N) is 1. The second-order valence-corrected chi connectivity index (χ2v) is 6.97. The molecule has 2 aliphatic heterocycles. The van der Waals surface area contributed by atoms with E-state index in [1.165, 1.54) is 0 Å². The SMILES string of the molecule is O=S1(=O)CC[C@H](N2CCC[C@H](CO)C2)C1. The highest BCUT2D eigenvalue weighted by Gasteiger charge is 2.34. The van der Waals surface area contributed by atoms with E-state index in [0.29, 0.717) is 17.4 Å². The van der Waals surface area contributed by atoms with Crippen LogP contribution in [0.5, 0.6) is 0 Å². The molecule has 0 bridgehead atoms. The van der Waals surface area contributed by atoms with Crippen LogP contribution in [0.25, 0.3) is 0 Å². The molecule has 0 amide bonds. The summed E-state index contributed by atoms with van der Waals surface area (Å²) in [7, 11) is -2.77. The van der Waals surface area contributed by atoms with Gasteiger partial charge in [0.15, 0.2) is 9.84 Å². The topological polar surface area (TPSA) is 57.6 Å². The number of hydrogen-bond acceptors (Lipinski definition) is 4. The van der Waals surface area contributed by atoms with E-state index in [0.717, 1.165) is 32.4 Å². The quantitative estimate of drug-likeness (QED) is 0.722. The number of rotatable bonds is 2. The van der Waals surface area contributed by atoms with Crippen LogP contribution >= 0.6 is 0 Å². The summed E-state index contributed by atoms with van der Waals surface area (Å²) in [5, 5.41) is 9.11. The average Bonchev–Trinajstić information content (AvgIpc) is 2.59. The smallest absolute Gasteiger partial charge is 0.151 e. The highest BCUT2D eigenvalue weighted by atomic mass is 32.2. The number of hydrogen-bond donors (Lipinski definition) is 1. The lowest BCUT2D eigenvalue weighted by Crippen LogP contribution is -2.44. The van der Waals surface area contributed by atoms with Crippen molar-refractivity contribution in [3.05, 3.63) is 0 Å². The summed E-state index contributed by atoms with van der Waals surface area (Å²) in [6.07, 6.45) is 2.94. The number of sulfone groups is 1. The Morgan fingerprint density at radius 3 is 2.73 bits per heavy atom. The van der Waals surface area contributed by atoms with Crippen LogP contribution in [-0.4, -0.2) is 55.7 Å². The maximum atomic E-state index is 11.4. The summed E-state index contributed by atoms with van der Waals surface area (Å²) in [6, 6.07) is 0.212. The maximum absolute atomic E-state index is 11.4. The highest BCUT2D eigenvalue weighted by Crippen LogP contribution is 2.23. The number of likely N-dealkylation sites (tertiary alicyclic amines) is 1. The van der Waals surface area contributed by atoms with Gasteiger partial charge in [-0.2, -0.15) is 0 Å². The van der Waals surface area contributed by atoms with Crippen molar-refractivity contribution >= 4 is 9.84 Å². The van der Waals surface area contributed by atoms with Gasteiger partial charge in [-0.1, -0.05) is 0 Å². The van der Waals surface area contributed by atoms with Gasteiger partial charge in [-0.15, -0.1) is 0 Å². The minimum Gasteiger partial charge on any atom is -0.396 e. The lowest BCUT2D eigenvalue weighted by atomic mass is 9.97. The van der Waals surface area contributed by atoms with Gasteiger partial charge < -0.3 is 5.11 Å². The molecule has 1 N–H and O–H groups in total. The Balaban J connectivity index is 1.94. The Morgan fingerprint density at radius 1 is 1.33 bits per heavy atom. The molecule has 0 unspecified atom stereocenters. The lowest BCUT2D eigenvalue weighted by Gasteiger charge is -2.35. The van der Waals surface area contributed by atoms with Crippen LogP contribution in [0.4, 0.5) is 0 Å². The van der Waals surface area contributed by atoms with E-state index in [4.69, 9.17) is 5.11 Å². The first-order chi connectivity index (χ1) is 7.11. The summed E-state index contributed by atoms with van der Waals surface area (Å²) in [5.74, 6) is 1.02. The molecule has 15 heavy (non-hydrogen) atoms. The minimum atomic E-state index is -2.77. The Bertz CT molecular complexity index is 315. The zero-order valence-electron chi connectivity index (χ0n) is 8.93. The second-order valence-electron chi connectivity index (χ2n) is 4.74. The molecule has 2 aliphatic rings. The summed E-state index contributed by atoms with van der Waals surface area (Å²) in [5.41, 5.74) is 0. The molecule has 0 aromatic rings. The van der Waals surface area contributed by atoms with E-state index in [1.54, 1.807) is 0 Å². The molecule has 0 spiro atoms. The van der Waals surface area contributed by atoms with E-state index in [9.17, 15) is 8.42 Å². The average molecular weight is 233 g/mol. The molecular weight excluding hydrogens is 214 g/mol. The van der Waals surface area contributed by atoms with Crippen LogP contribution in [0.3, 0.4) is 0 Å². The molecule has 2 rings (SSSR count). The van der Waals surface area contributed by atoms with E-state index < -0.39 is 9.84 Å². The van der Waals surface area contributed by atoms with Gasteiger partial charge in [0, 0.05) is 19.2 Å². The molecule has 0 saturated carbocycles. The zero-order valence-corrected chi connectivity index (χ0v) is 9.75. The van der Waals surface area contributed by atoms with Gasteiger partial charge in [-0.05, 0) is 31.7 Å². The van der Waals surface area contributed by atoms with Crippen molar-refractivity contribution in [2.24, 2.45) is 5.92 Å². The Morgan fingerprint density at radius 2 is 2.13 bits per heavy atom. The predicted octanol–water partition coefficient (Wildman–Crippen LogP) is -0.122. The van der Waals surface area contributed by atoms with Crippen molar-refractivity contribution < 1.29 is 13.5 Å². The first-order valence-electron chi connectivity index (χ1n) is 5.66. The third-order valence-electron chi connectivity index (χ3n) is 3.53. The van der Waals surface area contributed by atoms with Gasteiger partial charge in [0.1, 0.15) is 0 Å². The predicted molar refractivity (Wildman–Crippen MR) is 58.4 cm³/mol. The zero-order chi connectivity index (χ0) is 10.9. The summed E-state index contributed by atoms with van der Waals surface area (Å²) >= 11 is 0. The molecule has 2 heterocycles. The molecular formula is C10H19NO3S. The van der Waals surface area contributed by atoms with Gasteiger partial charge in [-0.25, -0.2) is 8.42 Å². The van der Waals surface area contributed by atoms with E-state index in [-0.39, 0.29) is 12.6 Å². The monoisotopic (exact) mass is 233 g/mol. The van der Waals surface area contributed by atoms with Crippen LogP contribution in [0.1, 0.15) is 19.3 Å². The fourth-order valence-electron chi connectivity index (χ4n) is 2.64. The standard InChI is InChI=1S/C10H19NO3S/c12-7-9-2-1-4-11(6-9)10-3-5-15(13,14)8-10/h9-10,12H,1-8H2/t9-,10-/m0/s1. The maximum Gasteiger partial charge on any atom is 0.151 e. The van der Waals surface area contributed by atoms with Crippen molar-refractivity contribution in [3.8, 4) is 0 Å². The van der Waals surface area contributed by atoms with Gasteiger partial charge in [0.2, 0.25) is 0 Å². The van der Waals surface area contributed by atoms with Crippen LogP contribution in [0, 0.1) is 5.92 Å². The van der Waals surface area contributed by atoms with E-state index in [2.05, 4.69) is 4.90 Å². The molecule has 0 radical (unpaired) electrons. The fraction of sp³-hybridized carbons (Fsp3) is 1.00. The number of aliphatic hydroxyl groups is 1. The fourth-order valence-corrected chi connectivity index (χ4v) is 4.40. The number of aliphatic hydroxyl groups excluding tert-OH is 1. The molecule has 2 atom stereocenters. The molecule has 88 valence electrons. The van der Waals surface area contributed by atoms with E-state index in [1.807, 2.05) is 0 Å². The van der Waals surface area contributed by atoms with Gasteiger partial charge >= 0.3 is 0 Å². The first-order valence-corrected chi connectivity index (χ1v) is 7.48. The van der Waals surface area contributed by atoms with Crippen molar-refractivity contribution in [1.82, 2.24) is 4.90 Å². The van der Waals surface area contributed by atoms with E-state index >= 15 is 0 Å². The molecule has 0 aromatic heterocycles. The molecule has 5 heteroatoms. The van der Waals surface area contributed by atoms with Crippen molar-refractivity contribution in [1.29, 1.82) is 0 Å². The summed E-state index contributed by atoms with van der Waals surface area (Å²) in [6.45, 7) is 2.10. The molecule has 4 nitrogen and oxygen atoms in total. The van der Waals surface area contributed by atoms with Crippen LogP contribution in [0.2, 0.25) is 0 Å². The summed E-state index contributed by atoms with van der Waals surface area (Å²) in [4.78, 5) is 2.26. The lowest BCUT2D eigenvalue weighted by molar-refractivity contribution is 0.0957. The Kier molecular flexibility index (Phi) is 3.33. The molecule has 2 fully saturated rings. The molecule has 0 aliphatic carbocycles. The third kappa shape index (κ3) is 2.71. The second kappa shape index (κ2) is 4.39. The van der Waals surface area contributed by atoms with Crippen LogP contribution in [-0.2, 0) is 9.84 Å². The molecule has 0 aromatic carbocycles. The third-order valence-corrected chi connectivity index (χ3v) is 5.28. The molecule has 2 saturated heterocycles. The minimum absolute atomic E-state index is 0.212. The van der Waals surface area contributed by atoms with Gasteiger partial charge in [-0.3, -0.25) is 4.90 Å².